The molecule has 2 N–H and O–H groups in total. The second-order valence-electron chi connectivity index (χ2n) is 6.96. The van der Waals surface area contributed by atoms with Gasteiger partial charge in [-0.2, -0.15) is 0 Å². The van der Waals surface area contributed by atoms with Crippen LogP contribution < -0.4 is 10.1 Å². The van der Waals surface area contributed by atoms with Crippen molar-refractivity contribution in [3.05, 3.63) is 59.9 Å². The molecule has 0 spiro atoms. The summed E-state index contributed by atoms with van der Waals surface area (Å²) in [5.41, 5.74) is 4.05. The van der Waals surface area contributed by atoms with Gasteiger partial charge in [0.05, 0.1) is 6.20 Å². The van der Waals surface area contributed by atoms with Crippen molar-refractivity contribution in [3.8, 4) is 11.1 Å². The van der Waals surface area contributed by atoms with Crippen molar-refractivity contribution in [2.24, 2.45) is 0 Å². The smallest absolute Gasteiger partial charge is 0.267 e. The molecule has 142 valence electrons. The molecule has 3 aromatic rings. The Morgan fingerprint density at radius 3 is 2.48 bits per heavy atom. The van der Waals surface area contributed by atoms with Crippen molar-refractivity contribution in [1.82, 2.24) is 14.4 Å². The predicted molar refractivity (Wildman–Crippen MR) is 106 cm³/mol. The summed E-state index contributed by atoms with van der Waals surface area (Å²) in [4.78, 5) is 16.5. The number of rotatable bonds is 5. The lowest BCUT2D eigenvalue weighted by molar-refractivity contribution is 0.101. The number of nitrogens with one attached hydrogen (secondary N) is 2. The molecule has 0 atom stereocenters. The SMILES string of the molecule is CC(C)(C)NS(=O)(=O)c1ncc(C(=O)Nn2ccc(-c3ccccc3)c2)s1. The molecule has 0 aliphatic heterocycles. The number of aromatic nitrogens is 2. The molecule has 0 radical (unpaired) electrons. The molecule has 0 saturated carbocycles. The van der Waals surface area contributed by atoms with E-state index >= 15 is 0 Å². The lowest BCUT2D eigenvalue weighted by atomic mass is 10.1. The van der Waals surface area contributed by atoms with Crippen LogP contribution in [0.4, 0.5) is 0 Å². The number of carbonyl (C=O) groups excluding carboxylic acids is 1. The minimum absolute atomic E-state index is 0.139. The molecular formula is C18H20N4O3S2. The Kier molecular flexibility index (Phi) is 5.18. The summed E-state index contributed by atoms with van der Waals surface area (Å²) in [6.45, 7) is 5.21. The van der Waals surface area contributed by atoms with E-state index in [0.717, 1.165) is 22.5 Å². The van der Waals surface area contributed by atoms with Crippen LogP contribution in [0.25, 0.3) is 11.1 Å². The van der Waals surface area contributed by atoms with E-state index in [1.165, 1.54) is 10.9 Å². The van der Waals surface area contributed by atoms with Gasteiger partial charge in [0.2, 0.25) is 4.34 Å². The van der Waals surface area contributed by atoms with Gasteiger partial charge in [-0.3, -0.25) is 14.9 Å². The first-order chi connectivity index (χ1) is 12.6. The number of hydrogen-bond donors (Lipinski definition) is 2. The van der Waals surface area contributed by atoms with E-state index in [4.69, 9.17) is 0 Å². The average molecular weight is 405 g/mol. The minimum atomic E-state index is -3.76. The van der Waals surface area contributed by atoms with E-state index in [1.54, 1.807) is 33.2 Å². The molecule has 27 heavy (non-hydrogen) atoms. The van der Waals surface area contributed by atoms with Crippen molar-refractivity contribution in [2.75, 3.05) is 5.43 Å². The first-order valence-electron chi connectivity index (χ1n) is 8.19. The van der Waals surface area contributed by atoms with Crippen LogP contribution in [-0.2, 0) is 10.0 Å². The Balaban J connectivity index is 1.73. The summed E-state index contributed by atoms with van der Waals surface area (Å²) in [7, 11) is -3.76. The zero-order valence-corrected chi connectivity index (χ0v) is 16.8. The van der Waals surface area contributed by atoms with Crippen molar-refractivity contribution >= 4 is 27.3 Å². The summed E-state index contributed by atoms with van der Waals surface area (Å²) >= 11 is 0.824. The maximum absolute atomic E-state index is 12.4. The third-order valence-corrected chi connectivity index (χ3v) is 6.55. The molecular weight excluding hydrogens is 384 g/mol. The second kappa shape index (κ2) is 7.26. The molecule has 1 amide bonds. The van der Waals surface area contributed by atoms with Gasteiger partial charge >= 0.3 is 0 Å². The summed E-state index contributed by atoms with van der Waals surface area (Å²) in [6, 6.07) is 11.7. The van der Waals surface area contributed by atoms with Gasteiger partial charge in [0, 0.05) is 23.5 Å². The highest BCUT2D eigenvalue weighted by molar-refractivity contribution is 7.91. The van der Waals surface area contributed by atoms with Gasteiger partial charge < -0.3 is 0 Å². The van der Waals surface area contributed by atoms with Gasteiger partial charge in [-0.1, -0.05) is 41.7 Å². The van der Waals surface area contributed by atoms with Crippen LogP contribution in [0.3, 0.4) is 0 Å². The summed E-state index contributed by atoms with van der Waals surface area (Å²) < 4.78 is 28.5. The Morgan fingerprint density at radius 1 is 1.11 bits per heavy atom. The largest absolute Gasteiger partial charge is 0.281 e. The van der Waals surface area contributed by atoms with Crippen LogP contribution in [0.15, 0.2) is 59.3 Å². The number of thiazole rings is 1. The third kappa shape index (κ3) is 4.82. The molecule has 0 aliphatic rings. The average Bonchev–Trinajstić information content (AvgIpc) is 3.23. The van der Waals surface area contributed by atoms with Gasteiger partial charge in [-0.25, -0.2) is 18.1 Å². The topological polar surface area (TPSA) is 93.1 Å². The number of sulfonamides is 1. The van der Waals surface area contributed by atoms with E-state index in [-0.39, 0.29) is 9.22 Å². The highest BCUT2D eigenvalue weighted by Crippen LogP contribution is 2.21. The maximum Gasteiger partial charge on any atom is 0.281 e. The molecule has 0 saturated heterocycles. The summed E-state index contributed by atoms with van der Waals surface area (Å²) in [5.74, 6) is -0.431. The molecule has 0 aliphatic carbocycles. The fourth-order valence-electron chi connectivity index (χ4n) is 2.37. The number of amides is 1. The Labute approximate surface area is 162 Å². The van der Waals surface area contributed by atoms with Gasteiger partial charge in [-0.05, 0) is 32.4 Å². The first-order valence-corrected chi connectivity index (χ1v) is 10.5. The fraction of sp³-hybridized carbons (Fsp3) is 0.222. The lowest BCUT2D eigenvalue weighted by Gasteiger charge is -2.18. The van der Waals surface area contributed by atoms with Crippen molar-refractivity contribution in [3.63, 3.8) is 0 Å². The summed E-state index contributed by atoms with van der Waals surface area (Å²) in [5, 5.41) is 0. The van der Waals surface area contributed by atoms with E-state index in [2.05, 4.69) is 15.1 Å². The van der Waals surface area contributed by atoms with Gasteiger partial charge in [0.15, 0.2) is 0 Å². The molecule has 9 heteroatoms. The van der Waals surface area contributed by atoms with E-state index in [1.807, 2.05) is 36.4 Å². The first kappa shape index (κ1) is 19.3. The molecule has 2 aromatic heterocycles. The van der Waals surface area contributed by atoms with Crippen LogP contribution in [-0.4, -0.2) is 29.5 Å². The van der Waals surface area contributed by atoms with Crippen LogP contribution in [0.5, 0.6) is 0 Å². The van der Waals surface area contributed by atoms with Crippen molar-refractivity contribution < 1.29 is 13.2 Å². The monoisotopic (exact) mass is 404 g/mol. The molecule has 0 fully saturated rings. The molecule has 0 unspecified atom stereocenters. The number of benzene rings is 1. The van der Waals surface area contributed by atoms with E-state index in [9.17, 15) is 13.2 Å². The zero-order chi connectivity index (χ0) is 19.7. The molecule has 2 heterocycles. The van der Waals surface area contributed by atoms with E-state index < -0.39 is 21.5 Å². The Morgan fingerprint density at radius 2 is 1.81 bits per heavy atom. The van der Waals surface area contributed by atoms with E-state index in [0.29, 0.717) is 0 Å². The third-order valence-electron chi connectivity index (χ3n) is 3.41. The second-order valence-corrected chi connectivity index (χ2v) is 9.85. The lowest BCUT2D eigenvalue weighted by Crippen LogP contribution is -2.40. The molecule has 1 aromatic carbocycles. The van der Waals surface area contributed by atoms with Gasteiger partial charge in [-0.15, -0.1) is 0 Å². The molecule has 3 rings (SSSR count). The van der Waals surface area contributed by atoms with Crippen molar-refractivity contribution in [1.29, 1.82) is 0 Å². The van der Waals surface area contributed by atoms with Crippen LogP contribution >= 0.6 is 11.3 Å². The quantitative estimate of drug-likeness (QED) is 0.683. The normalized spacial score (nSPS) is 12.1. The van der Waals surface area contributed by atoms with Crippen LogP contribution in [0.2, 0.25) is 0 Å². The van der Waals surface area contributed by atoms with Crippen LogP contribution in [0, 0.1) is 0 Å². The van der Waals surface area contributed by atoms with Gasteiger partial charge in [0.1, 0.15) is 4.88 Å². The predicted octanol–water partition coefficient (Wildman–Crippen LogP) is 3.07. The number of nitrogens with zero attached hydrogens (tertiary/aromatic N) is 2. The Hall–Kier alpha value is -2.49. The molecule has 0 bridgehead atoms. The van der Waals surface area contributed by atoms with Crippen LogP contribution in [0.1, 0.15) is 30.4 Å². The zero-order valence-electron chi connectivity index (χ0n) is 15.1. The molecule has 7 nitrogen and oxygen atoms in total. The minimum Gasteiger partial charge on any atom is -0.267 e. The standard InChI is InChI=1S/C18H20N4O3S2/c1-18(2,3)21-27(24,25)17-19-11-15(26-17)16(23)20-22-10-9-14(12-22)13-7-5-4-6-8-13/h4-12,21H,1-3H3,(H,20,23). The van der Waals surface area contributed by atoms with Crippen molar-refractivity contribution in [2.45, 2.75) is 30.6 Å². The fourth-order valence-corrected chi connectivity index (χ4v) is 4.83. The highest BCUT2D eigenvalue weighted by atomic mass is 32.2. The number of hydrogen-bond acceptors (Lipinski definition) is 5. The number of carbonyl (C=O) groups is 1. The van der Waals surface area contributed by atoms with Gasteiger partial charge in [0.25, 0.3) is 15.9 Å². The summed E-state index contributed by atoms with van der Waals surface area (Å²) in [6.07, 6.45) is 4.77. The maximum atomic E-state index is 12.4. The Bertz CT molecular complexity index is 1050. The highest BCUT2D eigenvalue weighted by Gasteiger charge is 2.26.